The Morgan fingerprint density at radius 1 is 1.41 bits per heavy atom. The van der Waals surface area contributed by atoms with E-state index in [1.165, 1.54) is 11.3 Å². The van der Waals surface area contributed by atoms with Crippen molar-refractivity contribution < 1.29 is 14.7 Å². The van der Waals surface area contributed by atoms with Gasteiger partial charge in [0.1, 0.15) is 5.54 Å². The van der Waals surface area contributed by atoms with E-state index in [1.807, 2.05) is 13.8 Å². The Morgan fingerprint density at radius 2 is 2.06 bits per heavy atom. The van der Waals surface area contributed by atoms with Gasteiger partial charge in [0.15, 0.2) is 0 Å². The van der Waals surface area contributed by atoms with Gasteiger partial charge in [-0.2, -0.15) is 0 Å². The van der Waals surface area contributed by atoms with Gasteiger partial charge >= 0.3 is 5.97 Å². The van der Waals surface area contributed by atoms with Gasteiger partial charge in [0.25, 0.3) is 5.91 Å². The van der Waals surface area contributed by atoms with E-state index in [2.05, 4.69) is 5.32 Å². The lowest BCUT2D eigenvalue weighted by Gasteiger charge is -2.38. The zero-order valence-electron chi connectivity index (χ0n) is 9.87. The molecule has 0 spiro atoms. The molecule has 0 bridgehead atoms. The smallest absolute Gasteiger partial charge is 0.329 e. The summed E-state index contributed by atoms with van der Waals surface area (Å²) in [6.45, 7) is 3.84. The molecule has 0 radical (unpaired) electrons. The predicted octanol–water partition coefficient (Wildman–Crippen LogP) is 2.10. The van der Waals surface area contributed by atoms with E-state index in [0.717, 1.165) is 16.9 Å². The molecule has 92 valence electrons. The number of nitrogens with one attached hydrogen (secondary N) is 1. The molecule has 0 unspecified atom stereocenters. The van der Waals surface area contributed by atoms with Gasteiger partial charge in [-0.15, -0.1) is 11.3 Å². The highest BCUT2D eigenvalue weighted by atomic mass is 32.1. The van der Waals surface area contributed by atoms with Crippen molar-refractivity contribution in [2.75, 3.05) is 0 Å². The van der Waals surface area contributed by atoms with Gasteiger partial charge in [-0.3, -0.25) is 4.79 Å². The molecule has 1 aromatic rings. The van der Waals surface area contributed by atoms with Crippen molar-refractivity contribution in [1.29, 1.82) is 0 Å². The summed E-state index contributed by atoms with van der Waals surface area (Å²) in [5.41, 5.74) is 0.506. The number of thiophene rings is 1. The number of hydrogen-bond acceptors (Lipinski definition) is 3. The van der Waals surface area contributed by atoms with Crippen molar-refractivity contribution in [3.8, 4) is 0 Å². The number of aryl methyl sites for hydroxylation is 1. The van der Waals surface area contributed by atoms with Crippen molar-refractivity contribution in [3.63, 3.8) is 0 Å². The van der Waals surface area contributed by atoms with Crippen molar-refractivity contribution in [1.82, 2.24) is 5.32 Å². The Morgan fingerprint density at radius 3 is 2.41 bits per heavy atom. The molecule has 17 heavy (non-hydrogen) atoms. The number of aliphatic carboxylic acids is 1. The lowest BCUT2D eigenvalue weighted by atomic mass is 9.76. The van der Waals surface area contributed by atoms with Crippen molar-refractivity contribution >= 4 is 23.2 Å². The Hall–Kier alpha value is -1.36. The molecular formula is C12H15NO3S. The molecule has 5 heteroatoms. The summed E-state index contributed by atoms with van der Waals surface area (Å²) in [6, 6.07) is 0. The van der Waals surface area contributed by atoms with E-state index in [0.29, 0.717) is 18.4 Å². The molecule has 4 nitrogen and oxygen atoms in total. The van der Waals surface area contributed by atoms with E-state index in [9.17, 15) is 9.59 Å². The van der Waals surface area contributed by atoms with Gasteiger partial charge < -0.3 is 10.4 Å². The van der Waals surface area contributed by atoms with E-state index in [1.54, 1.807) is 5.38 Å². The van der Waals surface area contributed by atoms with E-state index in [4.69, 9.17) is 5.11 Å². The Labute approximate surface area is 104 Å². The first-order valence-corrected chi connectivity index (χ1v) is 6.45. The largest absolute Gasteiger partial charge is 0.480 e. The molecule has 0 atom stereocenters. The third kappa shape index (κ3) is 1.95. The fourth-order valence-electron chi connectivity index (χ4n) is 1.94. The first-order chi connectivity index (χ1) is 7.96. The number of carbonyl (C=O) groups excluding carboxylic acids is 1. The molecule has 1 aliphatic rings. The van der Waals surface area contributed by atoms with Crippen LogP contribution in [0.1, 0.15) is 40.1 Å². The Kier molecular flexibility index (Phi) is 2.95. The normalized spacial score (nSPS) is 17.3. The zero-order valence-corrected chi connectivity index (χ0v) is 10.7. The maximum atomic E-state index is 12.0. The average molecular weight is 253 g/mol. The number of carbonyl (C=O) groups is 2. The summed E-state index contributed by atoms with van der Waals surface area (Å²) in [7, 11) is 0. The molecule has 1 saturated carbocycles. The second-order valence-corrected chi connectivity index (χ2v) is 5.61. The van der Waals surface area contributed by atoms with Crippen molar-refractivity contribution in [3.05, 3.63) is 21.4 Å². The maximum Gasteiger partial charge on any atom is 0.329 e. The summed E-state index contributed by atoms with van der Waals surface area (Å²) in [5.74, 6) is -1.20. The highest BCUT2D eigenvalue weighted by molar-refractivity contribution is 7.10. The monoisotopic (exact) mass is 253 g/mol. The van der Waals surface area contributed by atoms with Crippen LogP contribution >= 0.6 is 11.3 Å². The van der Waals surface area contributed by atoms with Gasteiger partial charge in [-0.25, -0.2) is 4.79 Å². The summed E-state index contributed by atoms with van der Waals surface area (Å²) in [6.07, 6.45) is 1.90. The molecule has 0 aromatic carbocycles. The van der Waals surface area contributed by atoms with Crippen LogP contribution in [0.25, 0.3) is 0 Å². The summed E-state index contributed by atoms with van der Waals surface area (Å²) in [4.78, 5) is 24.3. The highest BCUT2D eigenvalue weighted by Gasteiger charge is 2.45. The number of rotatable bonds is 3. The molecular weight excluding hydrogens is 238 g/mol. The minimum Gasteiger partial charge on any atom is -0.480 e. The van der Waals surface area contributed by atoms with Crippen LogP contribution in [-0.2, 0) is 4.79 Å². The second-order valence-electron chi connectivity index (χ2n) is 4.53. The molecule has 1 aliphatic carbocycles. The third-order valence-electron chi connectivity index (χ3n) is 3.50. The quantitative estimate of drug-likeness (QED) is 0.867. The lowest BCUT2D eigenvalue weighted by Crippen LogP contribution is -2.59. The van der Waals surface area contributed by atoms with Crippen molar-refractivity contribution in [2.24, 2.45) is 0 Å². The fourth-order valence-corrected chi connectivity index (χ4v) is 2.81. The van der Waals surface area contributed by atoms with E-state index >= 15 is 0 Å². The molecule has 1 amide bonds. The number of hydrogen-bond donors (Lipinski definition) is 2. The van der Waals surface area contributed by atoms with Gasteiger partial charge in [-0.05, 0) is 38.7 Å². The Balaban J connectivity index is 2.17. The third-order valence-corrected chi connectivity index (χ3v) is 4.51. The summed E-state index contributed by atoms with van der Waals surface area (Å²) >= 11 is 1.51. The van der Waals surface area contributed by atoms with Gasteiger partial charge in [-0.1, -0.05) is 0 Å². The van der Waals surface area contributed by atoms with Crippen LogP contribution in [0.4, 0.5) is 0 Å². The molecule has 0 aliphatic heterocycles. The number of amides is 1. The fraction of sp³-hybridized carbons (Fsp3) is 0.500. The molecule has 1 fully saturated rings. The molecule has 1 heterocycles. The van der Waals surface area contributed by atoms with Crippen LogP contribution in [-0.4, -0.2) is 22.5 Å². The van der Waals surface area contributed by atoms with Crippen LogP contribution in [0.5, 0.6) is 0 Å². The van der Waals surface area contributed by atoms with Crippen LogP contribution in [0.2, 0.25) is 0 Å². The average Bonchev–Trinajstić information content (AvgIpc) is 2.53. The van der Waals surface area contributed by atoms with Gasteiger partial charge in [0.05, 0.1) is 5.56 Å². The highest BCUT2D eigenvalue weighted by Crippen LogP contribution is 2.33. The van der Waals surface area contributed by atoms with E-state index in [-0.39, 0.29) is 5.91 Å². The van der Waals surface area contributed by atoms with Gasteiger partial charge in [0, 0.05) is 10.3 Å². The summed E-state index contributed by atoms with van der Waals surface area (Å²) < 4.78 is 0. The topological polar surface area (TPSA) is 66.4 Å². The first kappa shape index (κ1) is 12.1. The van der Waals surface area contributed by atoms with Crippen LogP contribution < -0.4 is 5.32 Å². The minimum absolute atomic E-state index is 0.269. The SMILES string of the molecule is Cc1scc(C(=O)NC2(C(=O)O)CCC2)c1C. The minimum atomic E-state index is -1.03. The van der Waals surface area contributed by atoms with Crippen LogP contribution in [0.3, 0.4) is 0 Å². The zero-order chi connectivity index (χ0) is 12.6. The summed E-state index contributed by atoms with van der Waals surface area (Å²) in [5, 5.41) is 13.6. The molecule has 2 rings (SSSR count). The first-order valence-electron chi connectivity index (χ1n) is 5.57. The van der Waals surface area contributed by atoms with Gasteiger partial charge in [0.2, 0.25) is 0 Å². The standard InChI is InChI=1S/C12H15NO3S/c1-7-8(2)17-6-9(7)10(14)13-12(11(15)16)4-3-5-12/h6H,3-5H2,1-2H3,(H,13,14)(H,15,16). The predicted molar refractivity (Wildman–Crippen MR) is 65.5 cm³/mol. The van der Waals surface area contributed by atoms with Crippen molar-refractivity contribution in [2.45, 2.75) is 38.6 Å². The van der Waals surface area contributed by atoms with Crippen LogP contribution in [0.15, 0.2) is 5.38 Å². The molecule has 1 aromatic heterocycles. The van der Waals surface area contributed by atoms with Crippen LogP contribution in [0, 0.1) is 13.8 Å². The Bertz CT molecular complexity index is 474. The molecule has 2 N–H and O–H groups in total. The second kappa shape index (κ2) is 4.14. The number of carboxylic acid groups (broad SMARTS) is 1. The lowest BCUT2D eigenvalue weighted by molar-refractivity contribution is -0.148. The van der Waals surface area contributed by atoms with E-state index < -0.39 is 11.5 Å². The number of carboxylic acids is 1. The maximum absolute atomic E-state index is 12.0. The molecule has 0 saturated heterocycles.